The van der Waals surface area contributed by atoms with Gasteiger partial charge >= 0.3 is 18.0 Å². The number of benzene rings is 2. The highest BCUT2D eigenvalue weighted by atomic mass is 19.4. The van der Waals surface area contributed by atoms with E-state index in [1.54, 1.807) is 18.2 Å². The van der Waals surface area contributed by atoms with Crippen molar-refractivity contribution in [1.29, 1.82) is 0 Å². The van der Waals surface area contributed by atoms with Crippen molar-refractivity contribution in [2.24, 2.45) is 0 Å². The second-order valence-electron chi connectivity index (χ2n) is 8.16. The van der Waals surface area contributed by atoms with E-state index in [9.17, 15) is 22.8 Å². The molecule has 0 spiro atoms. The zero-order chi connectivity index (χ0) is 26.6. The number of hydrogen-bond donors (Lipinski definition) is 2. The number of fused-ring (bicyclic) bond motifs is 1. The van der Waals surface area contributed by atoms with Crippen LogP contribution in [0.25, 0.3) is 11.0 Å². The van der Waals surface area contributed by atoms with Gasteiger partial charge in [-0.15, -0.1) is 0 Å². The second-order valence-corrected chi connectivity index (χ2v) is 8.16. The SMILES string of the molecule is Cc1ccc(OCC(=O)NCCNC(=O)c2nc(Cn3c(C(F)(F)F)nc4ccccc43)no2)cc1C. The molecule has 13 heteroatoms. The highest BCUT2D eigenvalue weighted by molar-refractivity contribution is 5.89. The van der Waals surface area contributed by atoms with Crippen molar-refractivity contribution in [3.63, 3.8) is 0 Å². The molecule has 0 aliphatic rings. The average molecular weight is 516 g/mol. The maximum absolute atomic E-state index is 13.5. The Hall–Kier alpha value is -4.42. The van der Waals surface area contributed by atoms with Crippen LogP contribution in [0.4, 0.5) is 13.2 Å². The molecule has 2 amide bonds. The van der Waals surface area contributed by atoms with Crippen molar-refractivity contribution in [1.82, 2.24) is 30.3 Å². The molecule has 37 heavy (non-hydrogen) atoms. The summed E-state index contributed by atoms with van der Waals surface area (Å²) in [5, 5.41) is 8.70. The van der Waals surface area contributed by atoms with Crippen LogP contribution in [-0.2, 0) is 17.5 Å². The fourth-order valence-electron chi connectivity index (χ4n) is 3.46. The van der Waals surface area contributed by atoms with Gasteiger partial charge in [-0.3, -0.25) is 9.59 Å². The first kappa shape index (κ1) is 25.7. The number of ether oxygens (including phenoxy) is 1. The summed E-state index contributed by atoms with van der Waals surface area (Å²) in [6, 6.07) is 11.6. The minimum atomic E-state index is -4.70. The van der Waals surface area contributed by atoms with Crippen LogP contribution in [0.3, 0.4) is 0 Å². The van der Waals surface area contributed by atoms with Gasteiger partial charge in [-0.05, 0) is 49.2 Å². The van der Waals surface area contributed by atoms with Gasteiger partial charge in [-0.25, -0.2) is 4.98 Å². The van der Waals surface area contributed by atoms with Crippen LogP contribution in [0.1, 0.15) is 33.5 Å². The molecule has 4 aromatic rings. The monoisotopic (exact) mass is 516 g/mol. The zero-order valence-electron chi connectivity index (χ0n) is 19.9. The summed E-state index contributed by atoms with van der Waals surface area (Å²) < 4.78 is 51.7. The number of carbonyl (C=O) groups is 2. The molecular weight excluding hydrogens is 493 g/mol. The summed E-state index contributed by atoms with van der Waals surface area (Å²) in [4.78, 5) is 31.8. The molecule has 0 aliphatic heterocycles. The highest BCUT2D eigenvalue weighted by Crippen LogP contribution is 2.31. The Kier molecular flexibility index (Phi) is 7.41. The molecule has 2 aromatic heterocycles. The minimum Gasteiger partial charge on any atom is -0.484 e. The molecule has 0 saturated heterocycles. The first-order valence-electron chi connectivity index (χ1n) is 11.2. The normalized spacial score (nSPS) is 11.5. The Bertz CT molecular complexity index is 1430. The number of hydrogen-bond acceptors (Lipinski definition) is 7. The van der Waals surface area contributed by atoms with E-state index < -0.39 is 30.3 Å². The standard InChI is InChI=1S/C24H23F3N6O4/c1-14-7-8-16(11-15(14)2)36-13-20(34)28-9-10-29-21(35)22-31-19(32-37-22)12-33-18-6-4-3-5-17(18)30-23(33)24(25,26)27/h3-8,11H,9-10,12-13H2,1-2H3,(H,28,34)(H,29,35). The van der Waals surface area contributed by atoms with Gasteiger partial charge < -0.3 is 24.5 Å². The summed E-state index contributed by atoms with van der Waals surface area (Å²) in [6.45, 7) is 3.49. The van der Waals surface area contributed by atoms with Gasteiger partial charge in [-0.1, -0.05) is 23.4 Å². The summed E-state index contributed by atoms with van der Waals surface area (Å²) in [5.74, 6) is -2.19. The molecule has 0 aliphatic carbocycles. The molecule has 2 N–H and O–H groups in total. The lowest BCUT2D eigenvalue weighted by atomic mass is 10.1. The number of nitrogens with one attached hydrogen (secondary N) is 2. The molecule has 10 nitrogen and oxygen atoms in total. The zero-order valence-corrected chi connectivity index (χ0v) is 19.9. The van der Waals surface area contributed by atoms with E-state index in [2.05, 4.69) is 25.8 Å². The Morgan fingerprint density at radius 1 is 1.03 bits per heavy atom. The van der Waals surface area contributed by atoms with E-state index in [4.69, 9.17) is 9.26 Å². The van der Waals surface area contributed by atoms with Gasteiger partial charge in [0.15, 0.2) is 12.4 Å². The predicted molar refractivity (Wildman–Crippen MR) is 125 cm³/mol. The molecule has 194 valence electrons. The maximum Gasteiger partial charge on any atom is 0.449 e. The van der Waals surface area contributed by atoms with Crippen LogP contribution in [-0.4, -0.2) is 51.2 Å². The van der Waals surface area contributed by atoms with E-state index in [1.165, 1.54) is 12.1 Å². The molecule has 2 heterocycles. The van der Waals surface area contributed by atoms with E-state index in [0.717, 1.165) is 15.7 Å². The summed E-state index contributed by atoms with van der Waals surface area (Å²) >= 11 is 0. The number of nitrogens with zero attached hydrogens (tertiary/aromatic N) is 4. The van der Waals surface area contributed by atoms with E-state index in [0.29, 0.717) is 5.75 Å². The summed E-state index contributed by atoms with van der Waals surface area (Å²) in [5.41, 5.74) is 2.56. The van der Waals surface area contributed by atoms with Crippen molar-refractivity contribution < 1.29 is 32.0 Å². The quantitative estimate of drug-likeness (QED) is 0.328. The summed E-state index contributed by atoms with van der Waals surface area (Å²) in [6.07, 6.45) is -4.70. The van der Waals surface area contributed by atoms with Gasteiger partial charge in [0.1, 0.15) is 5.75 Å². The molecule has 0 radical (unpaired) electrons. The number of para-hydroxylation sites is 2. The minimum absolute atomic E-state index is 0.0519. The van der Waals surface area contributed by atoms with Crippen molar-refractivity contribution >= 4 is 22.8 Å². The van der Waals surface area contributed by atoms with Gasteiger partial charge in [0.2, 0.25) is 5.82 Å². The molecule has 0 atom stereocenters. The highest BCUT2D eigenvalue weighted by Gasteiger charge is 2.38. The third kappa shape index (κ3) is 6.23. The van der Waals surface area contributed by atoms with Crippen LogP contribution in [0.15, 0.2) is 47.0 Å². The van der Waals surface area contributed by atoms with Gasteiger partial charge in [0.05, 0.1) is 17.6 Å². The van der Waals surface area contributed by atoms with Crippen molar-refractivity contribution in [2.75, 3.05) is 19.7 Å². The van der Waals surface area contributed by atoms with Crippen molar-refractivity contribution in [3.8, 4) is 5.75 Å². The Morgan fingerprint density at radius 3 is 2.54 bits per heavy atom. The Morgan fingerprint density at radius 2 is 1.78 bits per heavy atom. The van der Waals surface area contributed by atoms with Gasteiger partial charge in [-0.2, -0.15) is 18.2 Å². The number of halogens is 3. The molecule has 4 rings (SSSR count). The fourth-order valence-corrected chi connectivity index (χ4v) is 3.46. The van der Waals surface area contributed by atoms with E-state index >= 15 is 0 Å². The largest absolute Gasteiger partial charge is 0.484 e. The van der Waals surface area contributed by atoms with Crippen LogP contribution < -0.4 is 15.4 Å². The Balaban J connectivity index is 1.27. The number of carbonyl (C=O) groups excluding carboxylic acids is 2. The topological polar surface area (TPSA) is 124 Å². The van der Waals surface area contributed by atoms with E-state index in [1.807, 2.05) is 26.0 Å². The van der Waals surface area contributed by atoms with Crippen molar-refractivity contribution in [3.05, 3.63) is 71.1 Å². The lowest BCUT2D eigenvalue weighted by Gasteiger charge is -2.09. The number of alkyl halides is 3. The lowest BCUT2D eigenvalue weighted by molar-refractivity contribution is -0.146. The van der Waals surface area contributed by atoms with E-state index in [-0.39, 0.29) is 42.5 Å². The third-order valence-electron chi connectivity index (χ3n) is 5.45. The molecule has 0 saturated carbocycles. The first-order valence-corrected chi connectivity index (χ1v) is 11.2. The summed E-state index contributed by atoms with van der Waals surface area (Å²) in [7, 11) is 0. The first-order chi connectivity index (χ1) is 17.6. The number of imidazole rings is 1. The second kappa shape index (κ2) is 10.7. The maximum atomic E-state index is 13.5. The van der Waals surface area contributed by atoms with Crippen molar-refractivity contribution in [2.45, 2.75) is 26.6 Å². The number of amides is 2. The number of rotatable bonds is 9. The molecule has 0 fully saturated rings. The lowest BCUT2D eigenvalue weighted by Crippen LogP contribution is -2.36. The number of aryl methyl sites for hydroxylation is 2. The average Bonchev–Trinajstić information content (AvgIpc) is 3.48. The Labute approximate surface area is 208 Å². The van der Waals surface area contributed by atoms with Gasteiger partial charge in [0, 0.05) is 13.1 Å². The van der Waals surface area contributed by atoms with Crippen LogP contribution in [0.5, 0.6) is 5.75 Å². The molecular formula is C24H23F3N6O4. The van der Waals surface area contributed by atoms with Crippen LogP contribution in [0, 0.1) is 13.8 Å². The fraction of sp³-hybridized carbons (Fsp3) is 0.292. The molecule has 0 bridgehead atoms. The van der Waals surface area contributed by atoms with Gasteiger partial charge in [0.25, 0.3) is 5.91 Å². The predicted octanol–water partition coefficient (Wildman–Crippen LogP) is 3.03. The number of aromatic nitrogens is 4. The smallest absolute Gasteiger partial charge is 0.449 e. The van der Waals surface area contributed by atoms with Crippen LogP contribution in [0.2, 0.25) is 0 Å². The molecule has 0 unspecified atom stereocenters. The molecule has 2 aromatic carbocycles. The third-order valence-corrected chi connectivity index (χ3v) is 5.45. The van der Waals surface area contributed by atoms with Crippen LogP contribution >= 0.6 is 0 Å².